The summed E-state index contributed by atoms with van der Waals surface area (Å²) in [5.74, 6) is -0.798. The van der Waals surface area contributed by atoms with E-state index in [4.69, 9.17) is 0 Å². The topological polar surface area (TPSA) is 135 Å². The minimum absolute atomic E-state index is 0.162. The fraction of sp³-hybridized carbons (Fsp3) is 0.583. The molecule has 12 heteroatoms. The monoisotopic (exact) mass is 556 g/mol. The maximum absolute atomic E-state index is 14.0. The second kappa shape index (κ2) is 8.49. The number of rotatable bonds is 5. The van der Waals surface area contributed by atoms with Gasteiger partial charge in [-0.15, -0.1) is 0 Å². The highest BCUT2D eigenvalue weighted by molar-refractivity contribution is 8.30. The van der Waals surface area contributed by atoms with Crippen molar-refractivity contribution in [3.8, 4) is 0 Å². The van der Waals surface area contributed by atoms with Crippen molar-refractivity contribution in [2.75, 3.05) is 18.3 Å². The molecule has 3 aliphatic rings. The highest BCUT2D eigenvalue weighted by Crippen LogP contribution is 2.70. The lowest BCUT2D eigenvalue weighted by Crippen LogP contribution is -2.48. The van der Waals surface area contributed by atoms with E-state index in [1.54, 1.807) is 30.3 Å². The first-order valence-corrected chi connectivity index (χ1v) is 17.1. The lowest BCUT2D eigenvalue weighted by Gasteiger charge is -2.37. The van der Waals surface area contributed by atoms with Crippen LogP contribution >= 0.6 is 0 Å². The molecule has 1 spiro atoms. The lowest BCUT2D eigenvalue weighted by atomic mass is 9.69. The third-order valence-corrected chi connectivity index (χ3v) is 13.7. The smallest absolute Gasteiger partial charge is 0.261 e. The van der Waals surface area contributed by atoms with Crippen LogP contribution in [-0.4, -0.2) is 70.2 Å². The second-order valence-electron chi connectivity index (χ2n) is 10.8. The molecule has 0 radical (unpaired) electrons. The molecule has 1 aromatic carbocycles. The van der Waals surface area contributed by atoms with Crippen LogP contribution in [0.5, 0.6) is 0 Å². The largest absolute Gasteiger partial charge is 0.271 e. The predicted octanol–water partition coefficient (Wildman–Crippen LogP) is 2.05. The van der Waals surface area contributed by atoms with E-state index in [-0.39, 0.29) is 23.5 Å². The Hall–Kier alpha value is -2.05. The number of amides is 1. The van der Waals surface area contributed by atoms with Gasteiger partial charge >= 0.3 is 0 Å². The number of fused-ring (bicyclic) bond motifs is 1. The van der Waals surface area contributed by atoms with Crippen LogP contribution in [0.2, 0.25) is 0 Å². The number of sulfone groups is 2. The summed E-state index contributed by atoms with van der Waals surface area (Å²) >= 11 is 0. The van der Waals surface area contributed by atoms with E-state index < -0.39 is 57.5 Å². The Morgan fingerprint density at radius 2 is 1.81 bits per heavy atom. The molecule has 1 heterocycles. The van der Waals surface area contributed by atoms with Gasteiger partial charge in [-0.1, -0.05) is 50.8 Å². The minimum Gasteiger partial charge on any atom is -0.271 e. The van der Waals surface area contributed by atoms with Crippen molar-refractivity contribution in [3.05, 3.63) is 42.0 Å². The Kier molecular flexibility index (Phi) is 6.37. The molecule has 1 amide bonds. The van der Waals surface area contributed by atoms with Crippen molar-refractivity contribution in [2.24, 2.45) is 21.7 Å². The summed E-state index contributed by atoms with van der Waals surface area (Å²) in [6, 6.07) is 4.76. The molecule has 3 fully saturated rings. The molecule has 1 aromatic rings. The molecule has 4 rings (SSSR count). The maximum atomic E-state index is 14.0. The summed E-state index contributed by atoms with van der Waals surface area (Å²) in [6.07, 6.45) is 4.87. The number of nitrogens with zero attached hydrogens (tertiary/aromatic N) is 2. The molecule has 0 N–H and O–H groups in total. The molecule has 4 unspecified atom stereocenters. The Morgan fingerprint density at radius 1 is 1.19 bits per heavy atom. The van der Waals surface area contributed by atoms with Crippen molar-refractivity contribution in [1.82, 2.24) is 4.31 Å². The molecule has 9 nitrogen and oxygen atoms in total. The lowest BCUT2D eigenvalue weighted by molar-refractivity contribution is -0.130. The van der Waals surface area contributed by atoms with Crippen molar-refractivity contribution >= 4 is 46.1 Å². The minimum atomic E-state index is -4.34. The maximum Gasteiger partial charge on any atom is 0.261 e. The first-order valence-electron chi connectivity index (χ1n) is 11.7. The van der Waals surface area contributed by atoms with Crippen LogP contribution < -0.4 is 0 Å². The first kappa shape index (κ1) is 27.0. The molecule has 0 aromatic heterocycles. The van der Waals surface area contributed by atoms with Crippen molar-refractivity contribution in [1.29, 1.82) is 0 Å². The first-order chi connectivity index (χ1) is 16.5. The van der Waals surface area contributed by atoms with Gasteiger partial charge in [0.1, 0.15) is 6.04 Å². The summed E-state index contributed by atoms with van der Waals surface area (Å²) in [5.41, 5.74) is 0.345. The van der Waals surface area contributed by atoms with Crippen LogP contribution in [-0.2, 0) is 40.9 Å². The van der Waals surface area contributed by atoms with E-state index in [2.05, 4.69) is 25.4 Å². The zero-order chi connectivity index (χ0) is 26.9. The third-order valence-electron chi connectivity index (χ3n) is 8.50. The van der Waals surface area contributed by atoms with E-state index in [1.807, 2.05) is 0 Å². The number of sulfonamides is 1. The highest BCUT2D eigenvalue weighted by atomic mass is 32.3. The van der Waals surface area contributed by atoms with Crippen LogP contribution in [0.3, 0.4) is 0 Å². The zero-order valence-electron chi connectivity index (χ0n) is 20.8. The van der Waals surface area contributed by atoms with E-state index in [9.17, 15) is 30.0 Å². The molecule has 1 aliphatic heterocycles. The van der Waals surface area contributed by atoms with Crippen molar-refractivity contribution in [3.63, 3.8) is 0 Å². The van der Waals surface area contributed by atoms with Gasteiger partial charge < -0.3 is 0 Å². The standard InChI is InChI=1S/C24H32N2O7S3/c1-6-16-9-7-8-10-17(16)13-19(25-22(34(4,28)29)35(5,30)31)21(27)26-20-14-18-11-12-24(20,23(18,2)3)15-36(26,32)33/h6-10,18-20H,1,11-15H2,2-5H3. The van der Waals surface area contributed by atoms with Gasteiger partial charge in [-0.2, -0.15) is 0 Å². The van der Waals surface area contributed by atoms with Gasteiger partial charge in [0.2, 0.25) is 34.1 Å². The van der Waals surface area contributed by atoms with Crippen LogP contribution in [0.4, 0.5) is 0 Å². The third kappa shape index (κ3) is 4.14. The molecule has 36 heavy (non-hydrogen) atoms. The van der Waals surface area contributed by atoms with Gasteiger partial charge in [0.25, 0.3) is 5.91 Å². The fourth-order valence-electron chi connectivity index (χ4n) is 6.64. The molecular weight excluding hydrogens is 524 g/mol. The molecule has 2 bridgehead atoms. The summed E-state index contributed by atoms with van der Waals surface area (Å²) in [7, 11) is -12.7. The number of carbonyl (C=O) groups is 1. The van der Waals surface area contributed by atoms with Gasteiger partial charge in [0.05, 0.1) is 11.8 Å². The Labute approximate surface area is 213 Å². The van der Waals surface area contributed by atoms with Gasteiger partial charge in [0.15, 0.2) is 0 Å². The van der Waals surface area contributed by atoms with Gasteiger partial charge in [-0.05, 0) is 41.7 Å². The number of hydrogen-bond acceptors (Lipinski definition) is 8. The molecule has 1 saturated heterocycles. The Bertz CT molecular complexity index is 1440. The summed E-state index contributed by atoms with van der Waals surface area (Å²) in [5, 5.41) is 0. The Balaban J connectivity index is 1.86. The van der Waals surface area contributed by atoms with Crippen LogP contribution in [0, 0.1) is 16.7 Å². The normalized spacial score (nSPS) is 28.9. The highest BCUT2D eigenvalue weighted by Gasteiger charge is 2.72. The van der Waals surface area contributed by atoms with Crippen LogP contribution in [0.1, 0.15) is 44.2 Å². The average Bonchev–Trinajstić information content (AvgIpc) is 3.22. The van der Waals surface area contributed by atoms with E-state index in [0.717, 1.165) is 10.7 Å². The summed E-state index contributed by atoms with van der Waals surface area (Å²) in [6.45, 7) is 7.85. The SMILES string of the molecule is C=Cc1ccccc1CC(N=C(S(C)(=O)=O)S(C)(=O)=O)C(=O)N1C2CC3CCC2(CS1(=O)=O)C3(C)C. The summed E-state index contributed by atoms with van der Waals surface area (Å²) < 4.78 is 76.1. The Morgan fingerprint density at radius 3 is 2.36 bits per heavy atom. The summed E-state index contributed by atoms with van der Waals surface area (Å²) in [4.78, 5) is 18.0. The quantitative estimate of drug-likeness (QED) is 0.400. The molecular formula is C24H32N2O7S3. The number of hydrogen-bond donors (Lipinski definition) is 0. The predicted molar refractivity (Wildman–Crippen MR) is 139 cm³/mol. The van der Waals surface area contributed by atoms with E-state index >= 15 is 0 Å². The molecule has 2 aliphatic carbocycles. The molecule has 4 atom stereocenters. The number of aliphatic imine (C=N–C) groups is 1. The van der Waals surface area contributed by atoms with Crippen LogP contribution in [0.25, 0.3) is 6.08 Å². The van der Waals surface area contributed by atoms with Gasteiger partial charge in [-0.3, -0.25) is 4.79 Å². The zero-order valence-corrected chi connectivity index (χ0v) is 23.3. The van der Waals surface area contributed by atoms with Gasteiger partial charge in [-0.25, -0.2) is 34.6 Å². The van der Waals surface area contributed by atoms with Crippen LogP contribution in [0.15, 0.2) is 35.8 Å². The molecule has 198 valence electrons. The average molecular weight is 557 g/mol. The number of carbonyl (C=O) groups excluding carboxylic acids is 1. The molecule has 2 saturated carbocycles. The second-order valence-corrected chi connectivity index (χ2v) is 16.8. The van der Waals surface area contributed by atoms with Crippen molar-refractivity contribution in [2.45, 2.75) is 51.6 Å². The van der Waals surface area contributed by atoms with Crippen molar-refractivity contribution < 1.29 is 30.0 Å². The van der Waals surface area contributed by atoms with E-state index in [1.165, 1.54) is 0 Å². The fourth-order valence-corrected chi connectivity index (χ4v) is 12.0. The van der Waals surface area contributed by atoms with Gasteiger partial charge in [0, 0.05) is 24.3 Å². The van der Waals surface area contributed by atoms with E-state index in [0.29, 0.717) is 36.5 Å². The number of benzene rings is 1.